The van der Waals surface area contributed by atoms with Crippen molar-refractivity contribution in [3.63, 3.8) is 0 Å². The van der Waals surface area contributed by atoms with E-state index in [0.717, 1.165) is 36.3 Å². The van der Waals surface area contributed by atoms with Crippen LogP contribution in [0.3, 0.4) is 0 Å². The molecule has 2 heteroatoms. The summed E-state index contributed by atoms with van der Waals surface area (Å²) in [6.45, 7) is 2.17. The molecule has 3 N–H and O–H groups in total. The molecule has 0 spiro atoms. The average Bonchev–Trinajstić information content (AvgIpc) is 3.19. The number of hydrogen-bond donors (Lipinski definition) is 2. The highest BCUT2D eigenvalue weighted by Gasteiger charge is 2.41. The number of nitrogens with two attached hydrogens (primary N) is 1. The lowest BCUT2D eigenvalue weighted by molar-refractivity contribution is 0.326. The highest BCUT2D eigenvalue weighted by Crippen LogP contribution is 2.49. The van der Waals surface area contributed by atoms with E-state index in [2.05, 4.69) is 5.32 Å². The molecule has 2 atom stereocenters. The predicted octanol–water partition coefficient (Wildman–Crippen LogP) is 2.14. The molecule has 0 amide bonds. The fourth-order valence-corrected chi connectivity index (χ4v) is 3.64. The van der Waals surface area contributed by atoms with Gasteiger partial charge in [0.1, 0.15) is 0 Å². The molecule has 0 aromatic heterocycles. The second kappa shape index (κ2) is 4.66. The van der Waals surface area contributed by atoms with Crippen LogP contribution in [0.5, 0.6) is 0 Å². The van der Waals surface area contributed by atoms with Crippen LogP contribution < -0.4 is 11.1 Å². The Hall–Kier alpha value is -0.0800. The molecule has 0 aromatic carbocycles. The first-order valence-electron chi connectivity index (χ1n) is 7.32. The Bertz CT molecular complexity index is 221. The van der Waals surface area contributed by atoms with Crippen LogP contribution in [0, 0.1) is 23.7 Å². The van der Waals surface area contributed by atoms with Crippen molar-refractivity contribution in [1.82, 2.24) is 5.32 Å². The maximum Gasteiger partial charge on any atom is 0.0107 e. The minimum Gasteiger partial charge on any atom is -0.330 e. The van der Waals surface area contributed by atoms with Gasteiger partial charge in [-0.3, -0.25) is 0 Å². The van der Waals surface area contributed by atoms with Crippen LogP contribution in [0.15, 0.2) is 0 Å². The maximum atomic E-state index is 5.83. The molecule has 16 heavy (non-hydrogen) atoms. The SMILES string of the molecule is NCC1CCCC1NCC(C1CC1)C1CC1. The molecular formula is C14H26N2. The molecule has 0 bridgehead atoms. The summed E-state index contributed by atoms with van der Waals surface area (Å²) < 4.78 is 0. The molecule has 0 saturated heterocycles. The van der Waals surface area contributed by atoms with E-state index in [1.54, 1.807) is 0 Å². The van der Waals surface area contributed by atoms with Crippen LogP contribution in [-0.2, 0) is 0 Å². The second-order valence-electron chi connectivity index (χ2n) is 6.28. The lowest BCUT2D eigenvalue weighted by atomic mass is 9.96. The molecular weight excluding hydrogens is 196 g/mol. The number of hydrogen-bond acceptors (Lipinski definition) is 2. The van der Waals surface area contributed by atoms with E-state index >= 15 is 0 Å². The van der Waals surface area contributed by atoms with Crippen LogP contribution in [0.25, 0.3) is 0 Å². The standard InChI is InChI=1S/C14H26N2/c15-8-12-2-1-3-14(12)16-9-13(10-4-5-10)11-6-7-11/h10-14,16H,1-9,15H2. The van der Waals surface area contributed by atoms with Crippen molar-refractivity contribution in [3.05, 3.63) is 0 Å². The van der Waals surface area contributed by atoms with Crippen molar-refractivity contribution >= 4 is 0 Å². The summed E-state index contributed by atoms with van der Waals surface area (Å²) in [5, 5.41) is 3.85. The quantitative estimate of drug-likeness (QED) is 0.722. The number of rotatable bonds is 6. The zero-order valence-electron chi connectivity index (χ0n) is 10.3. The molecule has 0 radical (unpaired) electrons. The van der Waals surface area contributed by atoms with Gasteiger partial charge in [0.05, 0.1) is 0 Å². The normalized spacial score (nSPS) is 34.9. The Morgan fingerprint density at radius 3 is 2.25 bits per heavy atom. The third-order valence-corrected chi connectivity index (χ3v) is 5.03. The zero-order chi connectivity index (χ0) is 11.0. The predicted molar refractivity (Wildman–Crippen MR) is 67.1 cm³/mol. The van der Waals surface area contributed by atoms with E-state index in [4.69, 9.17) is 5.73 Å². The summed E-state index contributed by atoms with van der Waals surface area (Å²) in [5.74, 6) is 3.94. The summed E-state index contributed by atoms with van der Waals surface area (Å²) in [6.07, 6.45) is 10.1. The summed E-state index contributed by atoms with van der Waals surface area (Å²) in [5.41, 5.74) is 5.83. The van der Waals surface area contributed by atoms with Crippen molar-refractivity contribution in [1.29, 1.82) is 0 Å². The fraction of sp³-hybridized carbons (Fsp3) is 1.00. The Kier molecular flexibility index (Phi) is 3.21. The van der Waals surface area contributed by atoms with Crippen molar-refractivity contribution in [2.45, 2.75) is 51.0 Å². The Morgan fingerprint density at radius 1 is 1.00 bits per heavy atom. The highest BCUT2D eigenvalue weighted by atomic mass is 14.9. The van der Waals surface area contributed by atoms with E-state index in [9.17, 15) is 0 Å². The Balaban J connectivity index is 1.46. The van der Waals surface area contributed by atoms with Crippen molar-refractivity contribution in [3.8, 4) is 0 Å². The summed E-state index contributed by atoms with van der Waals surface area (Å²) in [4.78, 5) is 0. The van der Waals surface area contributed by atoms with Gasteiger partial charge in [-0.1, -0.05) is 6.42 Å². The van der Waals surface area contributed by atoms with Crippen LogP contribution in [-0.4, -0.2) is 19.1 Å². The monoisotopic (exact) mass is 222 g/mol. The van der Waals surface area contributed by atoms with Gasteiger partial charge in [-0.15, -0.1) is 0 Å². The van der Waals surface area contributed by atoms with E-state index < -0.39 is 0 Å². The molecule has 0 aliphatic heterocycles. The fourth-order valence-electron chi connectivity index (χ4n) is 3.64. The molecule has 3 fully saturated rings. The largest absolute Gasteiger partial charge is 0.330 e. The molecule has 2 unspecified atom stereocenters. The van der Waals surface area contributed by atoms with Crippen molar-refractivity contribution in [2.75, 3.05) is 13.1 Å². The second-order valence-corrected chi connectivity index (χ2v) is 6.28. The van der Waals surface area contributed by atoms with Crippen LogP contribution >= 0.6 is 0 Å². The first kappa shape index (κ1) is 11.0. The van der Waals surface area contributed by atoms with E-state index in [1.165, 1.54) is 51.5 Å². The minimum absolute atomic E-state index is 0.741. The van der Waals surface area contributed by atoms with Gasteiger partial charge in [-0.25, -0.2) is 0 Å². The van der Waals surface area contributed by atoms with Gasteiger partial charge in [0, 0.05) is 6.04 Å². The van der Waals surface area contributed by atoms with E-state index in [1.807, 2.05) is 0 Å². The Morgan fingerprint density at radius 2 is 1.69 bits per heavy atom. The van der Waals surface area contributed by atoms with E-state index in [-0.39, 0.29) is 0 Å². The minimum atomic E-state index is 0.741. The number of nitrogens with one attached hydrogen (secondary N) is 1. The van der Waals surface area contributed by atoms with Gasteiger partial charge in [0.2, 0.25) is 0 Å². The molecule has 0 heterocycles. The topological polar surface area (TPSA) is 38.0 Å². The van der Waals surface area contributed by atoms with Gasteiger partial charge in [0.15, 0.2) is 0 Å². The molecule has 92 valence electrons. The van der Waals surface area contributed by atoms with Crippen molar-refractivity contribution < 1.29 is 0 Å². The molecule has 3 aliphatic rings. The van der Waals surface area contributed by atoms with Gasteiger partial charge >= 0.3 is 0 Å². The van der Waals surface area contributed by atoms with Crippen molar-refractivity contribution in [2.24, 2.45) is 29.4 Å². The van der Waals surface area contributed by atoms with Crippen LogP contribution in [0.1, 0.15) is 44.9 Å². The zero-order valence-corrected chi connectivity index (χ0v) is 10.3. The molecule has 3 aliphatic carbocycles. The third-order valence-electron chi connectivity index (χ3n) is 5.03. The first-order chi connectivity index (χ1) is 7.88. The van der Waals surface area contributed by atoms with Crippen LogP contribution in [0.2, 0.25) is 0 Å². The van der Waals surface area contributed by atoms with Crippen LogP contribution in [0.4, 0.5) is 0 Å². The summed E-state index contributed by atoms with van der Waals surface area (Å²) in [6, 6.07) is 0.741. The van der Waals surface area contributed by atoms with E-state index in [0.29, 0.717) is 0 Å². The lowest BCUT2D eigenvalue weighted by Crippen LogP contribution is -2.39. The Labute approximate surface area is 99.4 Å². The first-order valence-corrected chi connectivity index (χ1v) is 7.32. The third kappa shape index (κ3) is 2.43. The molecule has 2 nitrogen and oxygen atoms in total. The average molecular weight is 222 g/mol. The smallest absolute Gasteiger partial charge is 0.0107 e. The van der Waals surface area contributed by atoms with Gasteiger partial charge < -0.3 is 11.1 Å². The molecule has 3 saturated carbocycles. The summed E-state index contributed by atoms with van der Waals surface area (Å²) >= 11 is 0. The lowest BCUT2D eigenvalue weighted by Gasteiger charge is -2.23. The van der Waals surface area contributed by atoms with Gasteiger partial charge in [-0.05, 0) is 75.3 Å². The highest BCUT2D eigenvalue weighted by molar-refractivity contribution is 4.94. The molecule has 3 rings (SSSR count). The van der Waals surface area contributed by atoms with Gasteiger partial charge in [0.25, 0.3) is 0 Å². The maximum absolute atomic E-state index is 5.83. The summed E-state index contributed by atoms with van der Waals surface area (Å²) in [7, 11) is 0. The van der Waals surface area contributed by atoms with Gasteiger partial charge in [-0.2, -0.15) is 0 Å². The molecule has 0 aromatic rings.